The molecule has 0 saturated carbocycles. The summed E-state index contributed by atoms with van der Waals surface area (Å²) in [4.78, 5) is 63.2. The Morgan fingerprint density at radius 3 is 2.60 bits per heavy atom. The predicted octanol–water partition coefficient (Wildman–Crippen LogP) is 2.48. The van der Waals surface area contributed by atoms with E-state index in [4.69, 9.17) is 33.8 Å². The fourth-order valence-electron chi connectivity index (χ4n) is 6.50. The number of fused-ring (bicyclic) bond motifs is 1. The van der Waals surface area contributed by atoms with Gasteiger partial charge in [-0.25, -0.2) is 9.78 Å². The maximum absolute atomic E-state index is 13.9. The third-order valence-electron chi connectivity index (χ3n) is 9.34. The van der Waals surface area contributed by atoms with E-state index in [1.54, 1.807) is 4.90 Å². The third-order valence-corrected chi connectivity index (χ3v) is 12.2. The molecule has 5 heterocycles. The Kier molecular flexibility index (Phi) is 10.9. The SMILES string of the molecule is CC(C)(O/N=C(\C(=O)C[C@@H]1C(=O)N2C(c3nn[nH]n3)=C(C[N+]3(CCNC(=O)c4ccc(O)c(O)c4Cl)CCCC3)CS[C@H]12)c1nc(N)sc1Cl)C(=O)O. The van der Waals surface area contributed by atoms with Crippen molar-refractivity contribution in [3.63, 3.8) is 0 Å². The van der Waals surface area contributed by atoms with Gasteiger partial charge in [-0.1, -0.05) is 39.7 Å². The summed E-state index contributed by atoms with van der Waals surface area (Å²) < 4.78 is 0.666. The van der Waals surface area contributed by atoms with Crippen LogP contribution in [-0.4, -0.2) is 129 Å². The second-order valence-corrected chi connectivity index (χ2v) is 16.4. The van der Waals surface area contributed by atoms with Crippen molar-refractivity contribution in [1.29, 1.82) is 0 Å². The lowest BCUT2D eigenvalue weighted by Crippen LogP contribution is -2.61. The number of nitrogens with two attached hydrogens (primary N) is 1. The van der Waals surface area contributed by atoms with Crippen LogP contribution >= 0.6 is 46.3 Å². The van der Waals surface area contributed by atoms with Gasteiger partial charge in [0.2, 0.25) is 17.3 Å². The molecule has 1 aromatic carbocycles. The number of nitrogens with one attached hydrogen (secondary N) is 2. The quantitative estimate of drug-likeness (QED) is 0.0450. The molecule has 0 bridgehead atoms. The number of aromatic hydroxyl groups is 2. The smallest absolute Gasteiger partial charge is 0.350 e. The number of aromatic amines is 1. The van der Waals surface area contributed by atoms with Crippen molar-refractivity contribution in [2.45, 2.75) is 44.1 Å². The number of ketones is 1. The number of aliphatic carboxylic acids is 1. The number of H-pyrrole nitrogens is 1. The molecule has 22 heteroatoms. The average molecular weight is 811 g/mol. The number of tetrazole rings is 1. The fourth-order valence-corrected chi connectivity index (χ4v) is 9.08. The van der Waals surface area contributed by atoms with Gasteiger partial charge in [0, 0.05) is 30.6 Å². The van der Waals surface area contributed by atoms with Crippen LogP contribution < -0.4 is 11.1 Å². The average Bonchev–Trinajstić information content (AvgIpc) is 3.88. The summed E-state index contributed by atoms with van der Waals surface area (Å²) >= 11 is 14.8. The third kappa shape index (κ3) is 7.63. The van der Waals surface area contributed by atoms with Gasteiger partial charge < -0.3 is 35.7 Å². The minimum atomic E-state index is -1.78. The number of thiazole rings is 1. The number of thioether (sulfide) groups is 1. The number of amides is 2. The van der Waals surface area contributed by atoms with Crippen molar-refractivity contribution in [1.82, 2.24) is 35.8 Å². The molecule has 2 fully saturated rings. The minimum Gasteiger partial charge on any atom is -0.504 e. The first kappa shape index (κ1) is 38.2. The Hall–Kier alpha value is -4.50. The van der Waals surface area contributed by atoms with Crippen LogP contribution in [0.25, 0.3) is 5.70 Å². The minimum absolute atomic E-state index is 0.0323. The Bertz CT molecular complexity index is 2020. The summed E-state index contributed by atoms with van der Waals surface area (Å²) in [5.74, 6) is -3.86. The van der Waals surface area contributed by atoms with E-state index < -0.39 is 46.1 Å². The first-order chi connectivity index (χ1) is 25.1. The van der Waals surface area contributed by atoms with E-state index in [1.165, 1.54) is 37.7 Å². The van der Waals surface area contributed by atoms with Gasteiger partial charge in [0.25, 0.3) is 5.91 Å². The first-order valence-corrected chi connectivity index (χ1v) is 18.9. The molecule has 282 valence electrons. The molecule has 3 aromatic rings. The number of benzene rings is 1. The molecule has 0 radical (unpaired) electrons. The van der Waals surface area contributed by atoms with Crippen LogP contribution in [0, 0.1) is 5.92 Å². The number of oxime groups is 1. The number of carboxylic acids is 1. The van der Waals surface area contributed by atoms with Gasteiger partial charge >= 0.3 is 5.97 Å². The van der Waals surface area contributed by atoms with Crippen LogP contribution in [0.2, 0.25) is 9.36 Å². The molecular weight excluding hydrogens is 775 g/mol. The number of Topliss-reactive ketones (excluding diaryl/α,β-unsaturated/α-hetero) is 1. The largest absolute Gasteiger partial charge is 0.504 e. The van der Waals surface area contributed by atoms with Gasteiger partial charge in [0.1, 0.15) is 16.6 Å². The van der Waals surface area contributed by atoms with Crippen molar-refractivity contribution in [3.05, 3.63) is 44.1 Å². The monoisotopic (exact) mass is 809 g/mol. The highest BCUT2D eigenvalue weighted by Gasteiger charge is 2.54. The molecule has 0 unspecified atom stereocenters. The van der Waals surface area contributed by atoms with E-state index in [9.17, 15) is 34.5 Å². The molecule has 2 aromatic heterocycles. The number of rotatable bonds is 14. The summed E-state index contributed by atoms with van der Waals surface area (Å²) in [5, 5.41) is 49.8. The van der Waals surface area contributed by atoms with Gasteiger partial charge in [-0.05, 0) is 31.2 Å². The molecule has 2 saturated heterocycles. The molecule has 2 amide bonds. The summed E-state index contributed by atoms with van der Waals surface area (Å²) in [7, 11) is 0. The Morgan fingerprint density at radius 2 is 1.96 bits per heavy atom. The number of quaternary nitrogens is 1. The van der Waals surface area contributed by atoms with Crippen molar-refractivity contribution >= 4 is 86.4 Å². The number of likely N-dealkylation sites (tertiary alicyclic amines) is 1. The zero-order valence-electron chi connectivity index (χ0n) is 28.3. The number of aromatic nitrogens is 5. The summed E-state index contributed by atoms with van der Waals surface area (Å²) in [6.45, 7) is 5.55. The van der Waals surface area contributed by atoms with Crippen LogP contribution in [0.3, 0.4) is 0 Å². The molecule has 53 heavy (non-hydrogen) atoms. The van der Waals surface area contributed by atoms with Crippen LogP contribution in [0.1, 0.15) is 55.0 Å². The van der Waals surface area contributed by atoms with Gasteiger partial charge in [-0.3, -0.25) is 19.3 Å². The molecule has 0 aliphatic carbocycles. The Morgan fingerprint density at radius 1 is 1.23 bits per heavy atom. The topological polar surface area (TPSA) is 259 Å². The highest BCUT2D eigenvalue weighted by Crippen LogP contribution is 2.48. The molecule has 0 spiro atoms. The highest BCUT2D eigenvalue weighted by atomic mass is 35.5. The number of carboxylic acid groups (broad SMARTS) is 1. The van der Waals surface area contributed by atoms with Crippen LogP contribution in [0.4, 0.5) is 5.13 Å². The number of β-lactam (4-membered cyclic amide) rings is 1. The normalized spacial score (nSPS) is 19.9. The number of carbonyl (C=O) groups excluding carboxylic acids is 3. The van der Waals surface area contributed by atoms with E-state index in [0.717, 1.165) is 42.8 Å². The number of nitrogens with zero attached hydrogens (tertiary/aromatic N) is 7. The van der Waals surface area contributed by atoms with E-state index in [1.807, 2.05) is 0 Å². The summed E-state index contributed by atoms with van der Waals surface area (Å²) in [6.07, 6.45) is 1.63. The standard InChI is InChI=1S/C31H34Cl2N10O8S2/c1-31(2,29(49)50)51-39-20(21-24(33)53-30(34)36-21)18(45)11-16-27(48)42-22(25-37-40-41-38-25)14(13-52-28(16)42)12-43(8-3-4-9-43)10-7-35-26(47)15-5-6-17(44)23(46)19(15)32/h5-6,16,28H,3-4,7-13H2,1-2H3,(H6-,34,35,36,37,38,39,40,41,44,45,46,47,49,50)/p+1/t16-,28-/m1/s1. The number of hydrogen-bond acceptors (Lipinski definition) is 15. The van der Waals surface area contributed by atoms with Crippen molar-refractivity contribution < 1.29 is 43.8 Å². The fraction of sp³-hybridized carbons (Fsp3) is 0.452. The second-order valence-electron chi connectivity index (χ2n) is 13.3. The molecule has 2 atom stereocenters. The number of halogens is 2. The lowest BCUT2D eigenvalue weighted by molar-refractivity contribution is -0.911. The zero-order chi connectivity index (χ0) is 38.2. The summed E-state index contributed by atoms with van der Waals surface area (Å²) in [5.41, 5.74) is 5.04. The zero-order valence-corrected chi connectivity index (χ0v) is 31.5. The van der Waals surface area contributed by atoms with Crippen molar-refractivity contribution in [3.8, 4) is 11.5 Å². The van der Waals surface area contributed by atoms with Crippen LogP contribution in [0.5, 0.6) is 11.5 Å². The van der Waals surface area contributed by atoms with Crippen molar-refractivity contribution in [2.24, 2.45) is 11.1 Å². The molecule has 7 N–H and O–H groups in total. The Labute approximate surface area is 319 Å². The maximum Gasteiger partial charge on any atom is 0.350 e. The van der Waals surface area contributed by atoms with Crippen LogP contribution in [0.15, 0.2) is 22.9 Å². The number of hydrogen-bond donors (Lipinski definition) is 6. The molecule has 3 aliphatic heterocycles. The molecule has 6 rings (SSSR count). The van der Waals surface area contributed by atoms with E-state index >= 15 is 0 Å². The lowest BCUT2D eigenvalue weighted by Gasteiger charge is -2.50. The van der Waals surface area contributed by atoms with Gasteiger partial charge in [-0.2, -0.15) is 5.21 Å². The molecular formula is C31H35Cl2N10O8S2+. The van der Waals surface area contributed by atoms with E-state index in [2.05, 4.69) is 36.1 Å². The number of phenolic OH excluding ortho intramolecular Hbond substituents is 2. The van der Waals surface area contributed by atoms with Gasteiger partial charge in [-0.15, -0.1) is 22.0 Å². The number of phenols is 2. The Balaban J connectivity index is 1.21. The van der Waals surface area contributed by atoms with Crippen LogP contribution in [-0.2, 0) is 19.2 Å². The van der Waals surface area contributed by atoms with Gasteiger partial charge in [0.15, 0.2) is 28.1 Å². The highest BCUT2D eigenvalue weighted by molar-refractivity contribution is 8.00. The van der Waals surface area contributed by atoms with Gasteiger partial charge in [0.05, 0.1) is 53.8 Å². The predicted molar refractivity (Wildman–Crippen MR) is 194 cm³/mol. The first-order valence-electron chi connectivity index (χ1n) is 16.3. The maximum atomic E-state index is 13.9. The van der Waals surface area contributed by atoms with E-state index in [-0.39, 0.29) is 56.2 Å². The van der Waals surface area contributed by atoms with E-state index in [0.29, 0.717) is 29.0 Å². The number of anilines is 1. The molecule has 18 nitrogen and oxygen atoms in total. The summed E-state index contributed by atoms with van der Waals surface area (Å²) in [6, 6.07) is 2.53. The lowest BCUT2D eigenvalue weighted by atomic mass is 9.89. The number of nitrogen functional groups attached to an aromatic ring is 1. The second kappa shape index (κ2) is 15.1. The molecule has 3 aliphatic rings. The number of carbonyl (C=O) groups is 4. The van der Waals surface area contributed by atoms with Crippen molar-refractivity contribution in [2.75, 3.05) is 44.2 Å².